The van der Waals surface area contributed by atoms with Crippen molar-refractivity contribution >= 4 is 25.7 Å². The van der Waals surface area contributed by atoms with Crippen LogP contribution in [0, 0.1) is 13.8 Å². The van der Waals surface area contributed by atoms with Gasteiger partial charge in [-0.05, 0) is 69.2 Å². The van der Waals surface area contributed by atoms with E-state index in [1.807, 2.05) is 0 Å². The normalized spacial score (nSPS) is 12.1. The molecule has 0 amide bonds. The van der Waals surface area contributed by atoms with Gasteiger partial charge in [0.05, 0.1) is 29.7 Å². The molecular formula is C19H26N2O6S2. The molecule has 0 bridgehead atoms. The number of rotatable bonds is 8. The molecule has 0 heterocycles. The number of anilines is 1. The predicted octanol–water partition coefficient (Wildman–Crippen LogP) is 2.81. The van der Waals surface area contributed by atoms with Gasteiger partial charge in [0.25, 0.3) is 10.0 Å². The van der Waals surface area contributed by atoms with Crippen LogP contribution in [0.4, 0.5) is 5.69 Å². The van der Waals surface area contributed by atoms with Crippen molar-refractivity contribution in [2.75, 3.05) is 18.9 Å². The number of benzene rings is 2. The number of hydrogen-bond acceptors (Lipinski definition) is 6. The van der Waals surface area contributed by atoms with E-state index in [-0.39, 0.29) is 27.3 Å². The lowest BCUT2D eigenvalue weighted by Crippen LogP contribution is -2.30. The third-order valence-corrected chi connectivity index (χ3v) is 7.38. The molecule has 0 saturated carbocycles. The minimum Gasteiger partial charge on any atom is -0.497 e. The SMILES string of the molecule is COc1cc(C)c(S(=O)(=O)Nc2cc(S(=O)(=O)NC(C)C)ccc2OC)c(C)c1. The summed E-state index contributed by atoms with van der Waals surface area (Å²) in [6, 6.07) is 6.91. The van der Waals surface area contributed by atoms with Gasteiger partial charge in [-0.25, -0.2) is 21.6 Å². The summed E-state index contributed by atoms with van der Waals surface area (Å²) in [7, 11) is -4.95. The minimum absolute atomic E-state index is 0.0220. The second-order valence-electron chi connectivity index (χ2n) is 6.83. The van der Waals surface area contributed by atoms with E-state index in [1.54, 1.807) is 39.8 Å². The minimum atomic E-state index is -4.02. The summed E-state index contributed by atoms with van der Waals surface area (Å²) in [5.74, 6) is 0.741. The Labute approximate surface area is 172 Å². The smallest absolute Gasteiger partial charge is 0.262 e. The maximum absolute atomic E-state index is 13.1. The maximum atomic E-state index is 13.1. The molecule has 0 saturated heterocycles. The van der Waals surface area contributed by atoms with Gasteiger partial charge in [0.15, 0.2) is 0 Å². The van der Waals surface area contributed by atoms with Gasteiger partial charge in [0, 0.05) is 6.04 Å². The van der Waals surface area contributed by atoms with E-state index in [0.29, 0.717) is 16.9 Å². The van der Waals surface area contributed by atoms with Gasteiger partial charge in [0.2, 0.25) is 10.0 Å². The Bertz CT molecular complexity index is 1090. The van der Waals surface area contributed by atoms with Gasteiger partial charge in [0.1, 0.15) is 11.5 Å². The molecule has 0 radical (unpaired) electrons. The maximum Gasteiger partial charge on any atom is 0.262 e. The summed E-state index contributed by atoms with van der Waals surface area (Å²) in [6.45, 7) is 6.71. The third kappa shape index (κ3) is 5.20. The molecule has 0 fully saturated rings. The number of aryl methyl sites for hydroxylation is 2. The summed E-state index contributed by atoms with van der Waals surface area (Å²) < 4.78 is 66.4. The summed E-state index contributed by atoms with van der Waals surface area (Å²) in [5, 5.41) is 0. The van der Waals surface area contributed by atoms with Crippen LogP contribution < -0.4 is 18.9 Å². The number of sulfonamides is 2. The van der Waals surface area contributed by atoms with Crippen molar-refractivity contribution in [1.29, 1.82) is 0 Å². The predicted molar refractivity (Wildman–Crippen MR) is 112 cm³/mol. The molecule has 0 spiro atoms. The van der Waals surface area contributed by atoms with Crippen molar-refractivity contribution in [2.24, 2.45) is 0 Å². The molecule has 0 atom stereocenters. The van der Waals surface area contributed by atoms with Gasteiger partial charge in [-0.2, -0.15) is 0 Å². The molecule has 160 valence electrons. The first kappa shape index (κ1) is 23.0. The zero-order valence-electron chi connectivity index (χ0n) is 17.2. The second-order valence-corrected chi connectivity index (χ2v) is 10.2. The fourth-order valence-electron chi connectivity index (χ4n) is 2.96. The standard InChI is InChI=1S/C19H26N2O6S2/c1-12(2)20-28(22,23)16-7-8-18(27-6)17(11-16)21-29(24,25)19-13(3)9-15(26-5)10-14(19)4/h7-12,20-21H,1-6H3. The molecule has 8 nitrogen and oxygen atoms in total. The quantitative estimate of drug-likeness (QED) is 0.650. The molecule has 0 unspecified atom stereocenters. The molecule has 2 aromatic carbocycles. The largest absolute Gasteiger partial charge is 0.497 e. The number of methoxy groups -OCH3 is 2. The van der Waals surface area contributed by atoms with Crippen molar-refractivity contribution in [3.8, 4) is 11.5 Å². The first-order chi connectivity index (χ1) is 13.4. The molecule has 0 aliphatic carbocycles. The highest BCUT2D eigenvalue weighted by Gasteiger charge is 2.24. The molecule has 2 aromatic rings. The molecular weight excluding hydrogens is 416 g/mol. The second kappa shape index (κ2) is 8.60. The monoisotopic (exact) mass is 442 g/mol. The van der Waals surface area contributed by atoms with Gasteiger partial charge >= 0.3 is 0 Å². The van der Waals surface area contributed by atoms with Gasteiger partial charge in [-0.1, -0.05) is 0 Å². The van der Waals surface area contributed by atoms with Crippen molar-refractivity contribution in [3.63, 3.8) is 0 Å². The first-order valence-electron chi connectivity index (χ1n) is 8.79. The van der Waals surface area contributed by atoms with E-state index >= 15 is 0 Å². The Morgan fingerprint density at radius 1 is 0.862 bits per heavy atom. The van der Waals surface area contributed by atoms with E-state index in [2.05, 4.69) is 9.44 Å². The van der Waals surface area contributed by atoms with Crippen LogP contribution in [0.1, 0.15) is 25.0 Å². The van der Waals surface area contributed by atoms with E-state index in [0.717, 1.165) is 0 Å². The Hall–Kier alpha value is -2.30. The van der Waals surface area contributed by atoms with Crippen molar-refractivity contribution in [2.45, 2.75) is 43.5 Å². The zero-order chi connectivity index (χ0) is 22.0. The number of hydrogen-bond donors (Lipinski definition) is 2. The van der Waals surface area contributed by atoms with Crippen molar-refractivity contribution in [1.82, 2.24) is 4.72 Å². The highest BCUT2D eigenvalue weighted by Crippen LogP contribution is 2.32. The zero-order valence-corrected chi connectivity index (χ0v) is 18.9. The molecule has 10 heteroatoms. The van der Waals surface area contributed by atoms with Gasteiger partial charge in [-0.3, -0.25) is 4.72 Å². The van der Waals surface area contributed by atoms with Crippen LogP contribution in [-0.2, 0) is 20.0 Å². The van der Waals surface area contributed by atoms with E-state index in [1.165, 1.54) is 32.4 Å². The molecule has 29 heavy (non-hydrogen) atoms. The lowest BCUT2D eigenvalue weighted by molar-refractivity contribution is 0.413. The van der Waals surface area contributed by atoms with Gasteiger partial charge in [-0.15, -0.1) is 0 Å². The fraction of sp³-hybridized carbons (Fsp3) is 0.368. The molecule has 0 aromatic heterocycles. The van der Waals surface area contributed by atoms with E-state index in [4.69, 9.17) is 9.47 Å². The van der Waals surface area contributed by atoms with Crippen LogP contribution >= 0.6 is 0 Å². The molecule has 2 N–H and O–H groups in total. The van der Waals surface area contributed by atoms with Gasteiger partial charge < -0.3 is 9.47 Å². The van der Waals surface area contributed by atoms with Crippen LogP contribution in [-0.4, -0.2) is 37.1 Å². The summed E-state index contributed by atoms with van der Waals surface area (Å²) in [6.07, 6.45) is 0. The van der Waals surface area contributed by atoms with Crippen LogP contribution in [0.25, 0.3) is 0 Å². The topological polar surface area (TPSA) is 111 Å². The average molecular weight is 443 g/mol. The lowest BCUT2D eigenvalue weighted by Gasteiger charge is -2.17. The van der Waals surface area contributed by atoms with Crippen LogP contribution in [0.2, 0.25) is 0 Å². The van der Waals surface area contributed by atoms with Crippen LogP contribution in [0.15, 0.2) is 40.1 Å². The van der Waals surface area contributed by atoms with E-state index < -0.39 is 20.0 Å². The summed E-state index contributed by atoms with van der Waals surface area (Å²) >= 11 is 0. The molecule has 2 rings (SSSR count). The fourth-order valence-corrected chi connectivity index (χ4v) is 5.75. The first-order valence-corrected chi connectivity index (χ1v) is 11.8. The Morgan fingerprint density at radius 3 is 1.93 bits per heavy atom. The molecule has 0 aliphatic heterocycles. The summed E-state index contributed by atoms with van der Waals surface area (Å²) in [5.41, 5.74) is 1.02. The van der Waals surface area contributed by atoms with Crippen molar-refractivity contribution < 1.29 is 26.3 Å². The highest BCUT2D eigenvalue weighted by molar-refractivity contribution is 7.93. The Kier molecular flexibility index (Phi) is 6.82. The number of ether oxygens (including phenoxy) is 2. The third-order valence-electron chi connectivity index (χ3n) is 4.05. The molecule has 0 aliphatic rings. The Morgan fingerprint density at radius 2 is 1.45 bits per heavy atom. The van der Waals surface area contributed by atoms with Crippen molar-refractivity contribution in [3.05, 3.63) is 41.5 Å². The van der Waals surface area contributed by atoms with Crippen LogP contribution in [0.5, 0.6) is 11.5 Å². The highest BCUT2D eigenvalue weighted by atomic mass is 32.2. The Balaban J connectivity index is 2.54. The number of nitrogens with one attached hydrogen (secondary N) is 2. The summed E-state index contributed by atoms with van der Waals surface area (Å²) in [4.78, 5) is 0.0155. The average Bonchev–Trinajstić information content (AvgIpc) is 2.59. The van der Waals surface area contributed by atoms with E-state index in [9.17, 15) is 16.8 Å². The van der Waals surface area contributed by atoms with Crippen LogP contribution in [0.3, 0.4) is 0 Å². The lowest BCUT2D eigenvalue weighted by atomic mass is 10.1.